The fraction of sp³-hybridized carbons (Fsp3) is 0.300. The fourth-order valence-corrected chi connectivity index (χ4v) is 4.05. The average Bonchev–Trinajstić information content (AvgIpc) is 3.32. The van der Waals surface area contributed by atoms with Gasteiger partial charge in [-0.1, -0.05) is 19.8 Å². The van der Waals surface area contributed by atoms with Crippen LogP contribution < -0.4 is 10.6 Å². The van der Waals surface area contributed by atoms with E-state index in [1.165, 1.54) is 30.5 Å². The van der Waals surface area contributed by atoms with Crippen molar-refractivity contribution in [2.75, 3.05) is 18.9 Å². The topological polar surface area (TPSA) is 49.8 Å². The zero-order chi connectivity index (χ0) is 18.2. The average molecular weight is 385 g/mol. The summed E-state index contributed by atoms with van der Waals surface area (Å²) >= 11 is 3.31. The minimum atomic E-state index is 1.03. The minimum Gasteiger partial charge on any atom is -0.355 e. The molecule has 0 amide bonds. The van der Waals surface area contributed by atoms with Crippen molar-refractivity contribution in [3.05, 3.63) is 47.4 Å². The highest BCUT2D eigenvalue weighted by Gasteiger charge is 2.04. The van der Waals surface area contributed by atoms with Gasteiger partial charge in [0.1, 0.15) is 4.83 Å². The third-order valence-electron chi connectivity index (χ3n) is 4.01. The van der Waals surface area contributed by atoms with Crippen LogP contribution in [-0.4, -0.2) is 23.6 Å². The molecule has 2 N–H and O–H groups in total. The lowest BCUT2D eigenvalue weighted by Crippen LogP contribution is -2.06. The third kappa shape index (κ3) is 4.78. The molecule has 0 fully saturated rings. The standard InChI is InChI=1S/C14H9N3S2.C6H15N/c1-2-13-12(16-8-19-13)7-9(1)17-11-3-5-15-14-10(11)4-6-18-14;1-3-4-5-6-7-2/h1-8H,(H,15,17);7H,3-6H2,1-2H3. The molecule has 3 heterocycles. The lowest BCUT2D eigenvalue weighted by Gasteiger charge is -2.07. The SMILES string of the molecule is CCCCCNC.c1cc(Nc2ccc3scnc3c2)c2ccsc2n1. The molecule has 6 heteroatoms. The van der Waals surface area contributed by atoms with Crippen LogP contribution in [0.5, 0.6) is 0 Å². The summed E-state index contributed by atoms with van der Waals surface area (Å²) in [4.78, 5) is 9.75. The van der Waals surface area contributed by atoms with E-state index in [1.807, 2.05) is 24.8 Å². The molecule has 1 aromatic carbocycles. The van der Waals surface area contributed by atoms with Crippen LogP contribution in [0.15, 0.2) is 47.4 Å². The molecule has 136 valence electrons. The van der Waals surface area contributed by atoms with Crippen LogP contribution in [0.2, 0.25) is 0 Å². The van der Waals surface area contributed by atoms with Crippen LogP contribution >= 0.6 is 22.7 Å². The van der Waals surface area contributed by atoms with E-state index in [-0.39, 0.29) is 0 Å². The zero-order valence-electron chi connectivity index (χ0n) is 15.2. The first kappa shape index (κ1) is 18.8. The highest BCUT2D eigenvalue weighted by molar-refractivity contribution is 7.17. The second kappa shape index (κ2) is 9.62. The molecule has 4 aromatic rings. The number of hydrogen-bond donors (Lipinski definition) is 2. The lowest BCUT2D eigenvalue weighted by atomic mass is 10.2. The minimum absolute atomic E-state index is 1.03. The van der Waals surface area contributed by atoms with Crippen molar-refractivity contribution in [3.63, 3.8) is 0 Å². The van der Waals surface area contributed by atoms with Crippen molar-refractivity contribution in [1.29, 1.82) is 0 Å². The maximum absolute atomic E-state index is 4.35. The molecular formula is C20H24N4S2. The van der Waals surface area contributed by atoms with Crippen molar-refractivity contribution in [3.8, 4) is 0 Å². The summed E-state index contributed by atoms with van der Waals surface area (Å²) in [7, 11) is 2.00. The molecule has 0 aliphatic heterocycles. The van der Waals surface area contributed by atoms with Crippen molar-refractivity contribution < 1.29 is 0 Å². The van der Waals surface area contributed by atoms with Gasteiger partial charge in [0.2, 0.25) is 0 Å². The maximum atomic E-state index is 4.35. The predicted octanol–water partition coefficient (Wildman–Crippen LogP) is 6.05. The molecule has 0 bridgehead atoms. The number of nitrogens with zero attached hydrogens (tertiary/aromatic N) is 2. The summed E-state index contributed by atoms with van der Waals surface area (Å²) in [6.07, 6.45) is 5.85. The number of anilines is 2. The van der Waals surface area contributed by atoms with Crippen molar-refractivity contribution in [2.24, 2.45) is 0 Å². The van der Waals surface area contributed by atoms with Gasteiger partial charge in [-0.15, -0.1) is 22.7 Å². The molecule has 3 aromatic heterocycles. The van der Waals surface area contributed by atoms with E-state index in [0.29, 0.717) is 0 Å². The number of rotatable bonds is 6. The van der Waals surface area contributed by atoms with E-state index < -0.39 is 0 Å². The van der Waals surface area contributed by atoms with Crippen LogP contribution in [0.25, 0.3) is 20.4 Å². The number of hydrogen-bond acceptors (Lipinski definition) is 6. The van der Waals surface area contributed by atoms with E-state index in [9.17, 15) is 0 Å². The van der Waals surface area contributed by atoms with Gasteiger partial charge in [0.25, 0.3) is 0 Å². The first-order chi connectivity index (χ1) is 12.8. The second-order valence-electron chi connectivity index (χ2n) is 5.97. The summed E-state index contributed by atoms with van der Waals surface area (Å²) in [6, 6.07) is 10.3. The number of nitrogens with one attached hydrogen (secondary N) is 2. The Balaban J connectivity index is 0.000000242. The monoisotopic (exact) mass is 384 g/mol. The van der Waals surface area contributed by atoms with Crippen molar-refractivity contribution >= 4 is 54.5 Å². The Hall–Kier alpha value is -2.02. The Morgan fingerprint density at radius 2 is 1.96 bits per heavy atom. The smallest absolute Gasteiger partial charge is 0.125 e. The van der Waals surface area contributed by atoms with Gasteiger partial charge in [-0.05, 0) is 55.7 Å². The van der Waals surface area contributed by atoms with E-state index in [4.69, 9.17) is 0 Å². The molecule has 0 saturated carbocycles. The highest BCUT2D eigenvalue weighted by Crippen LogP contribution is 2.29. The van der Waals surface area contributed by atoms with E-state index in [0.717, 1.165) is 27.1 Å². The number of thiophene rings is 1. The molecule has 4 nitrogen and oxygen atoms in total. The predicted molar refractivity (Wildman–Crippen MR) is 116 cm³/mol. The summed E-state index contributed by atoms with van der Waals surface area (Å²) < 4.78 is 1.21. The van der Waals surface area contributed by atoms with E-state index in [1.54, 1.807) is 22.7 Å². The Labute approximate surface area is 162 Å². The molecule has 0 spiro atoms. The number of pyridine rings is 1. The van der Waals surface area contributed by atoms with Gasteiger partial charge in [-0.25, -0.2) is 9.97 Å². The molecule has 0 atom stereocenters. The summed E-state index contributed by atoms with van der Waals surface area (Å²) in [5, 5.41) is 9.77. The van der Waals surface area contributed by atoms with Crippen LogP contribution in [0.3, 0.4) is 0 Å². The summed E-state index contributed by atoms with van der Waals surface area (Å²) in [6.45, 7) is 3.39. The summed E-state index contributed by atoms with van der Waals surface area (Å²) in [5.41, 5.74) is 5.04. The van der Waals surface area contributed by atoms with Crippen LogP contribution in [0, 0.1) is 0 Å². The first-order valence-electron chi connectivity index (χ1n) is 8.89. The first-order valence-corrected chi connectivity index (χ1v) is 10.6. The summed E-state index contributed by atoms with van der Waals surface area (Å²) in [5.74, 6) is 0. The van der Waals surface area contributed by atoms with Gasteiger partial charge in [0.05, 0.1) is 21.4 Å². The lowest BCUT2D eigenvalue weighted by molar-refractivity contribution is 0.667. The Kier molecular flexibility index (Phi) is 6.94. The maximum Gasteiger partial charge on any atom is 0.125 e. The van der Waals surface area contributed by atoms with Gasteiger partial charge >= 0.3 is 0 Å². The normalized spacial score (nSPS) is 10.7. The van der Waals surface area contributed by atoms with Crippen LogP contribution in [0.1, 0.15) is 26.2 Å². The Morgan fingerprint density at radius 3 is 2.81 bits per heavy atom. The number of unbranched alkanes of at least 4 members (excludes halogenated alkanes) is 2. The molecule has 0 aliphatic rings. The molecule has 0 aliphatic carbocycles. The zero-order valence-corrected chi connectivity index (χ0v) is 16.8. The highest BCUT2D eigenvalue weighted by atomic mass is 32.1. The molecular weight excluding hydrogens is 360 g/mol. The number of fused-ring (bicyclic) bond motifs is 2. The molecule has 4 rings (SSSR count). The van der Waals surface area contributed by atoms with Gasteiger partial charge in [0.15, 0.2) is 0 Å². The number of benzene rings is 1. The van der Waals surface area contributed by atoms with Gasteiger partial charge < -0.3 is 10.6 Å². The van der Waals surface area contributed by atoms with E-state index in [2.05, 4.69) is 57.2 Å². The van der Waals surface area contributed by atoms with Crippen molar-refractivity contribution in [2.45, 2.75) is 26.2 Å². The Bertz CT molecular complexity index is 941. The Morgan fingerprint density at radius 1 is 1.04 bits per heavy atom. The van der Waals surface area contributed by atoms with Gasteiger partial charge in [-0.3, -0.25) is 0 Å². The van der Waals surface area contributed by atoms with Crippen LogP contribution in [0.4, 0.5) is 11.4 Å². The van der Waals surface area contributed by atoms with Gasteiger partial charge in [-0.2, -0.15) is 0 Å². The fourth-order valence-electron chi connectivity index (χ4n) is 2.63. The molecule has 26 heavy (non-hydrogen) atoms. The van der Waals surface area contributed by atoms with Gasteiger partial charge in [0, 0.05) is 17.3 Å². The molecule has 0 radical (unpaired) electrons. The van der Waals surface area contributed by atoms with Crippen molar-refractivity contribution in [1.82, 2.24) is 15.3 Å². The van der Waals surface area contributed by atoms with Crippen LogP contribution in [-0.2, 0) is 0 Å². The number of thiazole rings is 1. The third-order valence-corrected chi connectivity index (χ3v) is 5.64. The number of aromatic nitrogens is 2. The van der Waals surface area contributed by atoms with E-state index >= 15 is 0 Å². The molecule has 0 saturated heterocycles. The second-order valence-corrected chi connectivity index (χ2v) is 7.75. The largest absolute Gasteiger partial charge is 0.355 e. The quantitative estimate of drug-likeness (QED) is 0.398. The molecule has 0 unspecified atom stereocenters.